The molecule has 0 heterocycles. The van der Waals surface area contributed by atoms with E-state index in [0.29, 0.717) is 0 Å². The van der Waals surface area contributed by atoms with Crippen LogP contribution in [0.25, 0.3) is 0 Å². The molecule has 0 aliphatic heterocycles. The first-order chi connectivity index (χ1) is 5.27. The van der Waals surface area contributed by atoms with E-state index in [-0.39, 0.29) is 6.10 Å². The number of rotatable bonds is 2. The molecule has 1 aliphatic carbocycles. The van der Waals surface area contributed by atoms with E-state index in [1.54, 1.807) is 0 Å². The second kappa shape index (κ2) is 4.10. The molecule has 0 bridgehead atoms. The lowest BCUT2D eigenvalue weighted by molar-refractivity contribution is 0.0656. The minimum atomic E-state index is 0.00255. The van der Waals surface area contributed by atoms with E-state index in [1.165, 1.54) is 19.3 Å². The maximum atomic E-state index is 9.42. The van der Waals surface area contributed by atoms with Gasteiger partial charge in [0, 0.05) is 0 Å². The van der Waals surface area contributed by atoms with Gasteiger partial charge in [0.05, 0.1) is 6.10 Å². The van der Waals surface area contributed by atoms with E-state index in [1.807, 2.05) is 0 Å². The Hall–Kier alpha value is -0.0400. The van der Waals surface area contributed by atoms with E-state index in [2.05, 4.69) is 13.8 Å². The zero-order valence-corrected chi connectivity index (χ0v) is 7.71. The number of aliphatic hydroxyl groups excluding tert-OH is 1. The molecule has 1 heteroatoms. The van der Waals surface area contributed by atoms with Gasteiger partial charge in [-0.25, -0.2) is 0 Å². The number of hydrogen-bond donors (Lipinski definition) is 1. The van der Waals surface area contributed by atoms with Gasteiger partial charge in [-0.15, -0.1) is 0 Å². The quantitative estimate of drug-likeness (QED) is 0.651. The van der Waals surface area contributed by atoms with Crippen LogP contribution in [-0.4, -0.2) is 11.2 Å². The highest BCUT2D eigenvalue weighted by atomic mass is 16.3. The van der Waals surface area contributed by atoms with Crippen LogP contribution in [0.4, 0.5) is 0 Å². The first-order valence-electron chi connectivity index (χ1n) is 4.96. The summed E-state index contributed by atoms with van der Waals surface area (Å²) in [7, 11) is 0. The second-order valence-electron chi connectivity index (χ2n) is 3.80. The van der Waals surface area contributed by atoms with Crippen molar-refractivity contribution < 1.29 is 5.11 Å². The van der Waals surface area contributed by atoms with Crippen molar-refractivity contribution in [3.8, 4) is 0 Å². The normalized spacial score (nSPS) is 39.0. The molecule has 1 rings (SSSR count). The predicted molar refractivity (Wildman–Crippen MR) is 47.4 cm³/mol. The highest BCUT2D eigenvalue weighted by molar-refractivity contribution is 4.78. The smallest absolute Gasteiger partial charge is 0.0543 e. The molecule has 66 valence electrons. The van der Waals surface area contributed by atoms with Crippen LogP contribution in [0.15, 0.2) is 0 Å². The van der Waals surface area contributed by atoms with Gasteiger partial charge in [0.25, 0.3) is 0 Å². The maximum Gasteiger partial charge on any atom is 0.0543 e. The first kappa shape index (κ1) is 9.05. The summed E-state index contributed by atoms with van der Waals surface area (Å²) >= 11 is 0. The number of hydrogen-bond acceptors (Lipinski definition) is 1. The minimum Gasteiger partial charge on any atom is -0.393 e. The zero-order valence-electron chi connectivity index (χ0n) is 7.71. The van der Waals surface area contributed by atoms with Gasteiger partial charge in [0.2, 0.25) is 0 Å². The monoisotopic (exact) mass is 156 g/mol. The molecule has 1 N–H and O–H groups in total. The van der Waals surface area contributed by atoms with E-state index in [9.17, 15) is 5.11 Å². The van der Waals surface area contributed by atoms with E-state index >= 15 is 0 Å². The van der Waals surface area contributed by atoms with Gasteiger partial charge in [0.15, 0.2) is 0 Å². The predicted octanol–water partition coefficient (Wildman–Crippen LogP) is 2.58. The lowest BCUT2D eigenvalue weighted by Crippen LogP contribution is -2.26. The fraction of sp³-hybridized carbons (Fsp3) is 1.00. The fourth-order valence-corrected chi connectivity index (χ4v) is 2.34. The molecule has 0 aromatic rings. The van der Waals surface area contributed by atoms with E-state index in [4.69, 9.17) is 0 Å². The molecular formula is C10H20O. The highest BCUT2D eigenvalue weighted by Crippen LogP contribution is 2.34. The zero-order chi connectivity index (χ0) is 8.27. The van der Waals surface area contributed by atoms with Gasteiger partial charge in [-0.1, -0.05) is 26.7 Å². The Balaban J connectivity index is 2.41. The molecule has 1 aliphatic rings. The molecule has 0 radical (unpaired) electrons. The van der Waals surface area contributed by atoms with Gasteiger partial charge < -0.3 is 5.11 Å². The van der Waals surface area contributed by atoms with E-state index in [0.717, 1.165) is 24.7 Å². The van der Waals surface area contributed by atoms with Crippen molar-refractivity contribution in [2.75, 3.05) is 0 Å². The molecule has 0 amide bonds. The maximum absolute atomic E-state index is 9.42. The van der Waals surface area contributed by atoms with Crippen LogP contribution < -0.4 is 0 Å². The van der Waals surface area contributed by atoms with Gasteiger partial charge in [0.1, 0.15) is 0 Å². The van der Waals surface area contributed by atoms with Crippen molar-refractivity contribution >= 4 is 0 Å². The molecule has 0 saturated heterocycles. The Kier molecular flexibility index (Phi) is 3.38. The fourth-order valence-electron chi connectivity index (χ4n) is 2.34. The molecule has 3 atom stereocenters. The molecule has 3 unspecified atom stereocenters. The summed E-state index contributed by atoms with van der Waals surface area (Å²) in [5.41, 5.74) is 0. The SMILES string of the molecule is CCC1CCC(O)CC1CC. The summed E-state index contributed by atoms with van der Waals surface area (Å²) in [6, 6.07) is 0. The Labute approximate surface area is 69.8 Å². The lowest BCUT2D eigenvalue weighted by Gasteiger charge is -2.32. The van der Waals surface area contributed by atoms with Crippen molar-refractivity contribution in [1.82, 2.24) is 0 Å². The highest BCUT2D eigenvalue weighted by Gasteiger charge is 2.26. The van der Waals surface area contributed by atoms with Crippen molar-refractivity contribution in [1.29, 1.82) is 0 Å². The summed E-state index contributed by atoms with van der Waals surface area (Å²) < 4.78 is 0. The molecular weight excluding hydrogens is 136 g/mol. The third kappa shape index (κ3) is 2.19. The minimum absolute atomic E-state index is 0.00255. The molecule has 1 nitrogen and oxygen atoms in total. The van der Waals surface area contributed by atoms with Crippen molar-refractivity contribution in [2.45, 2.75) is 52.1 Å². The van der Waals surface area contributed by atoms with Crippen LogP contribution >= 0.6 is 0 Å². The van der Waals surface area contributed by atoms with Gasteiger partial charge in [-0.05, 0) is 31.1 Å². The molecule has 0 aromatic carbocycles. The van der Waals surface area contributed by atoms with Crippen molar-refractivity contribution in [2.24, 2.45) is 11.8 Å². The van der Waals surface area contributed by atoms with Crippen LogP contribution in [0.2, 0.25) is 0 Å². The number of aliphatic hydroxyl groups is 1. The van der Waals surface area contributed by atoms with E-state index < -0.39 is 0 Å². The van der Waals surface area contributed by atoms with Crippen LogP contribution in [0.3, 0.4) is 0 Å². The van der Waals surface area contributed by atoms with Crippen LogP contribution in [0, 0.1) is 11.8 Å². The third-order valence-electron chi connectivity index (χ3n) is 3.16. The average molecular weight is 156 g/mol. The summed E-state index contributed by atoms with van der Waals surface area (Å²) in [5, 5.41) is 9.42. The molecule has 0 aromatic heterocycles. The Morgan fingerprint density at radius 1 is 1.09 bits per heavy atom. The van der Waals surface area contributed by atoms with Crippen LogP contribution in [-0.2, 0) is 0 Å². The molecule has 1 fully saturated rings. The summed E-state index contributed by atoms with van der Waals surface area (Å²) in [6.45, 7) is 4.51. The largest absolute Gasteiger partial charge is 0.393 e. The average Bonchev–Trinajstić information content (AvgIpc) is 2.04. The standard InChI is InChI=1S/C10H20O/c1-3-8-5-6-10(11)7-9(8)4-2/h8-11H,3-7H2,1-2H3. The van der Waals surface area contributed by atoms with Crippen LogP contribution in [0.5, 0.6) is 0 Å². The molecule has 1 saturated carbocycles. The van der Waals surface area contributed by atoms with Crippen molar-refractivity contribution in [3.05, 3.63) is 0 Å². The van der Waals surface area contributed by atoms with Crippen LogP contribution in [0.1, 0.15) is 46.0 Å². The topological polar surface area (TPSA) is 20.2 Å². The van der Waals surface area contributed by atoms with Gasteiger partial charge in [-0.2, -0.15) is 0 Å². The van der Waals surface area contributed by atoms with Gasteiger partial charge >= 0.3 is 0 Å². The first-order valence-corrected chi connectivity index (χ1v) is 4.96. The second-order valence-corrected chi connectivity index (χ2v) is 3.80. The Bertz CT molecular complexity index is 111. The third-order valence-corrected chi connectivity index (χ3v) is 3.16. The summed E-state index contributed by atoms with van der Waals surface area (Å²) in [6.07, 6.45) is 5.88. The Morgan fingerprint density at radius 3 is 2.27 bits per heavy atom. The molecule has 0 spiro atoms. The summed E-state index contributed by atoms with van der Waals surface area (Å²) in [4.78, 5) is 0. The molecule has 11 heavy (non-hydrogen) atoms. The lowest BCUT2D eigenvalue weighted by atomic mass is 9.75. The van der Waals surface area contributed by atoms with Gasteiger partial charge in [-0.3, -0.25) is 0 Å². The van der Waals surface area contributed by atoms with Crippen molar-refractivity contribution in [3.63, 3.8) is 0 Å². The summed E-state index contributed by atoms with van der Waals surface area (Å²) in [5.74, 6) is 1.69. The Morgan fingerprint density at radius 2 is 1.73 bits per heavy atom.